The predicted octanol–water partition coefficient (Wildman–Crippen LogP) is 1.95. The van der Waals surface area contributed by atoms with Gasteiger partial charge in [-0.05, 0) is 18.2 Å². The van der Waals surface area contributed by atoms with Gasteiger partial charge in [0, 0.05) is 18.4 Å². The number of aliphatic carboxylic acids is 1. The molecule has 128 valence electrons. The molecule has 0 bridgehead atoms. The van der Waals surface area contributed by atoms with Gasteiger partial charge in [0.25, 0.3) is 5.91 Å². The van der Waals surface area contributed by atoms with Crippen molar-refractivity contribution in [2.45, 2.75) is 12.8 Å². The van der Waals surface area contributed by atoms with Gasteiger partial charge in [-0.2, -0.15) is 0 Å². The molecule has 1 aromatic carbocycles. The molecule has 0 radical (unpaired) electrons. The monoisotopic (exact) mass is 360 g/mol. The number of hydrogen-bond acceptors (Lipinski definition) is 7. The number of carboxylic acids is 1. The minimum absolute atomic E-state index is 0.0416. The number of carboxylic acid groups (broad SMARTS) is 1. The van der Waals surface area contributed by atoms with E-state index in [9.17, 15) is 14.4 Å². The summed E-state index contributed by atoms with van der Waals surface area (Å²) >= 11 is 1.06. The Labute approximate surface area is 145 Å². The van der Waals surface area contributed by atoms with Crippen LogP contribution < -0.4 is 14.8 Å². The van der Waals surface area contributed by atoms with Gasteiger partial charge in [0.2, 0.25) is 6.79 Å². The maximum absolute atomic E-state index is 12.4. The third kappa shape index (κ3) is 2.82. The summed E-state index contributed by atoms with van der Waals surface area (Å²) in [6.45, 7) is 0.118. The Balaban J connectivity index is 1.54. The van der Waals surface area contributed by atoms with Crippen LogP contribution in [0.1, 0.15) is 32.1 Å². The van der Waals surface area contributed by atoms with Gasteiger partial charge < -0.3 is 14.6 Å². The first kappa shape index (κ1) is 15.6. The summed E-state index contributed by atoms with van der Waals surface area (Å²) in [6, 6.07) is 4.81. The van der Waals surface area contributed by atoms with Crippen molar-refractivity contribution in [3.05, 3.63) is 34.3 Å². The number of carbonyl (C=O) groups is 3. The number of nitrogens with zero attached hydrogens (tertiary/aromatic N) is 1. The summed E-state index contributed by atoms with van der Waals surface area (Å²) in [4.78, 5) is 40.2. The number of benzene rings is 1. The minimum Gasteiger partial charge on any atom is -0.481 e. The van der Waals surface area contributed by atoms with Crippen molar-refractivity contribution in [2.24, 2.45) is 5.92 Å². The van der Waals surface area contributed by atoms with Crippen LogP contribution in [0.5, 0.6) is 11.5 Å². The van der Waals surface area contributed by atoms with E-state index in [2.05, 4.69) is 10.3 Å². The summed E-state index contributed by atoms with van der Waals surface area (Å²) in [5, 5.41) is 12.0. The van der Waals surface area contributed by atoms with Crippen molar-refractivity contribution in [2.75, 3.05) is 12.1 Å². The first-order chi connectivity index (χ1) is 12.0. The molecule has 1 aliphatic carbocycles. The van der Waals surface area contributed by atoms with Gasteiger partial charge in [0.15, 0.2) is 22.4 Å². The zero-order valence-corrected chi connectivity index (χ0v) is 13.6. The topological polar surface area (TPSA) is 115 Å². The van der Waals surface area contributed by atoms with Crippen LogP contribution in [-0.2, 0) is 11.2 Å². The second kappa shape index (κ2) is 5.85. The fourth-order valence-corrected chi connectivity index (χ4v) is 3.70. The van der Waals surface area contributed by atoms with E-state index in [-0.39, 0.29) is 30.5 Å². The van der Waals surface area contributed by atoms with E-state index in [0.717, 1.165) is 11.3 Å². The molecule has 2 heterocycles. The smallest absolute Gasteiger partial charge is 0.307 e. The van der Waals surface area contributed by atoms with Gasteiger partial charge >= 0.3 is 5.97 Å². The van der Waals surface area contributed by atoms with E-state index >= 15 is 0 Å². The van der Waals surface area contributed by atoms with Crippen molar-refractivity contribution in [1.29, 1.82) is 0 Å². The number of fused-ring (bicyclic) bond motifs is 2. The Hall–Kier alpha value is -2.94. The molecule has 4 rings (SSSR count). The second-order valence-electron chi connectivity index (χ2n) is 5.68. The van der Waals surface area contributed by atoms with Crippen LogP contribution in [-0.4, -0.2) is 34.5 Å². The number of ether oxygens (including phenoxy) is 2. The van der Waals surface area contributed by atoms with Gasteiger partial charge in [-0.3, -0.25) is 19.7 Å². The molecule has 2 aliphatic rings. The Morgan fingerprint density at radius 2 is 2.04 bits per heavy atom. The Bertz CT molecular complexity index is 906. The van der Waals surface area contributed by atoms with Gasteiger partial charge in [-0.15, -0.1) is 0 Å². The number of anilines is 1. The van der Waals surface area contributed by atoms with Crippen molar-refractivity contribution >= 4 is 34.1 Å². The molecule has 1 unspecified atom stereocenters. The number of thiazole rings is 1. The Morgan fingerprint density at radius 3 is 2.84 bits per heavy atom. The minimum atomic E-state index is -1.02. The summed E-state index contributed by atoms with van der Waals surface area (Å²) < 4.78 is 10.4. The van der Waals surface area contributed by atoms with E-state index in [1.807, 2.05) is 0 Å². The number of nitrogens with one attached hydrogen (secondary N) is 1. The number of aromatic nitrogens is 1. The molecule has 1 amide bonds. The maximum Gasteiger partial charge on any atom is 0.307 e. The number of amides is 1. The van der Waals surface area contributed by atoms with Crippen LogP contribution in [0.15, 0.2) is 18.2 Å². The second-order valence-corrected chi connectivity index (χ2v) is 6.68. The average Bonchev–Trinajstić information content (AvgIpc) is 3.20. The zero-order valence-electron chi connectivity index (χ0n) is 12.8. The van der Waals surface area contributed by atoms with Crippen molar-refractivity contribution < 1.29 is 29.0 Å². The third-order valence-electron chi connectivity index (χ3n) is 4.03. The van der Waals surface area contributed by atoms with Crippen LogP contribution in [0.4, 0.5) is 5.13 Å². The molecule has 1 atom stereocenters. The van der Waals surface area contributed by atoms with Gasteiger partial charge in [-0.1, -0.05) is 11.3 Å². The third-order valence-corrected chi connectivity index (χ3v) is 5.08. The molecular weight excluding hydrogens is 348 g/mol. The molecule has 0 spiro atoms. The first-order valence-corrected chi connectivity index (χ1v) is 8.29. The first-order valence-electron chi connectivity index (χ1n) is 7.48. The number of hydrogen-bond donors (Lipinski definition) is 2. The highest BCUT2D eigenvalue weighted by Crippen LogP contribution is 2.34. The summed E-state index contributed by atoms with van der Waals surface area (Å²) in [5.74, 6) is -1.36. The largest absolute Gasteiger partial charge is 0.481 e. The van der Waals surface area contributed by atoms with Gasteiger partial charge in [0.05, 0.1) is 16.5 Å². The van der Waals surface area contributed by atoms with E-state index in [1.54, 1.807) is 18.2 Å². The van der Waals surface area contributed by atoms with Crippen LogP contribution in [0.3, 0.4) is 0 Å². The Morgan fingerprint density at radius 1 is 1.24 bits per heavy atom. The summed E-state index contributed by atoms with van der Waals surface area (Å²) in [6.07, 6.45) is 0.146. The van der Waals surface area contributed by atoms with E-state index in [4.69, 9.17) is 14.6 Å². The van der Waals surface area contributed by atoms with E-state index < -0.39 is 17.8 Å². The van der Waals surface area contributed by atoms with Gasteiger partial charge in [0.1, 0.15) is 0 Å². The highest BCUT2D eigenvalue weighted by Gasteiger charge is 2.33. The highest BCUT2D eigenvalue weighted by molar-refractivity contribution is 7.17. The van der Waals surface area contributed by atoms with Crippen molar-refractivity contribution in [1.82, 2.24) is 4.98 Å². The number of rotatable bonds is 3. The average molecular weight is 360 g/mol. The normalized spacial score (nSPS) is 17.9. The summed E-state index contributed by atoms with van der Waals surface area (Å²) in [5.41, 5.74) is 0.793. The van der Waals surface area contributed by atoms with Crippen molar-refractivity contribution in [3.63, 3.8) is 0 Å². The zero-order chi connectivity index (χ0) is 17.6. The molecule has 1 aliphatic heterocycles. The van der Waals surface area contributed by atoms with Crippen LogP contribution >= 0.6 is 11.3 Å². The summed E-state index contributed by atoms with van der Waals surface area (Å²) in [7, 11) is 0. The molecule has 25 heavy (non-hydrogen) atoms. The van der Waals surface area contributed by atoms with E-state index in [0.29, 0.717) is 27.6 Å². The van der Waals surface area contributed by atoms with Crippen LogP contribution in [0.2, 0.25) is 0 Å². The lowest BCUT2D eigenvalue weighted by Gasteiger charge is -2.15. The predicted molar refractivity (Wildman–Crippen MR) is 86.4 cm³/mol. The highest BCUT2D eigenvalue weighted by atomic mass is 32.1. The molecule has 1 aromatic heterocycles. The number of carbonyl (C=O) groups excluding carboxylic acids is 2. The van der Waals surface area contributed by atoms with Crippen LogP contribution in [0.25, 0.3) is 0 Å². The maximum atomic E-state index is 12.4. The molecule has 0 fully saturated rings. The molecule has 9 heteroatoms. The fraction of sp³-hybridized carbons (Fsp3) is 0.250. The van der Waals surface area contributed by atoms with E-state index in [1.165, 1.54) is 0 Å². The lowest BCUT2D eigenvalue weighted by atomic mass is 9.90. The standard InChI is InChI=1S/C16H12N2O6S/c19-10-4-8(15(21)22)3-9-13(10)25-16(17-9)18-14(20)7-1-2-11-12(5-7)24-6-23-11/h1-2,5,8H,3-4,6H2,(H,21,22)(H,17,18,20). The molecular formula is C16H12N2O6S. The van der Waals surface area contributed by atoms with Crippen LogP contribution in [0, 0.1) is 5.92 Å². The van der Waals surface area contributed by atoms with Crippen molar-refractivity contribution in [3.8, 4) is 11.5 Å². The lowest BCUT2D eigenvalue weighted by molar-refractivity contribution is -0.141. The lowest BCUT2D eigenvalue weighted by Crippen LogP contribution is -2.25. The number of ketones is 1. The molecule has 2 aromatic rings. The quantitative estimate of drug-likeness (QED) is 0.859. The SMILES string of the molecule is O=C(Nc1nc2c(s1)C(=O)CC(C(=O)O)C2)c1ccc2c(c1)OCO2. The molecule has 0 saturated heterocycles. The molecule has 2 N–H and O–H groups in total. The molecule has 8 nitrogen and oxygen atoms in total. The fourth-order valence-electron chi connectivity index (χ4n) is 2.77. The number of Topliss-reactive ketones (excluding diaryl/α,β-unsaturated/α-hetero) is 1. The Kier molecular flexibility index (Phi) is 3.65. The molecule has 0 saturated carbocycles. The van der Waals surface area contributed by atoms with Gasteiger partial charge in [-0.25, -0.2) is 4.98 Å².